The molecule has 0 bridgehead atoms. The Morgan fingerprint density at radius 2 is 2.00 bits per heavy atom. The summed E-state index contributed by atoms with van der Waals surface area (Å²) in [4.78, 5) is 0. The lowest BCUT2D eigenvalue weighted by Gasteiger charge is -2.04. The third-order valence-corrected chi connectivity index (χ3v) is 2.21. The Hall–Kier alpha value is -0.210. The van der Waals surface area contributed by atoms with Crippen molar-refractivity contribution in [1.82, 2.24) is 5.32 Å². The Bertz CT molecular complexity index is 218. The van der Waals surface area contributed by atoms with Crippen molar-refractivity contribution in [3.05, 3.63) is 0 Å². The van der Waals surface area contributed by atoms with Gasteiger partial charge in [-0.2, -0.15) is 0 Å². The van der Waals surface area contributed by atoms with Crippen molar-refractivity contribution in [3.63, 3.8) is 0 Å². The maximum absolute atomic E-state index is 10.5. The largest absolute Gasteiger partial charge is 0.394 e. The molecule has 6 nitrogen and oxygen atoms in total. The van der Waals surface area contributed by atoms with Crippen molar-refractivity contribution in [3.8, 4) is 0 Å². The van der Waals surface area contributed by atoms with E-state index in [4.69, 9.17) is 15.0 Å². The Balaban J connectivity index is 3.07. The molecule has 0 aliphatic carbocycles. The Labute approximate surface area is 84.5 Å². The van der Waals surface area contributed by atoms with Crippen molar-refractivity contribution in [2.45, 2.75) is 6.42 Å². The SMILES string of the molecule is NS(=O)(=O)CCNCCCOCCO. The van der Waals surface area contributed by atoms with Gasteiger partial charge in [-0.1, -0.05) is 0 Å². The van der Waals surface area contributed by atoms with Crippen LogP contribution in [0.4, 0.5) is 0 Å². The Morgan fingerprint density at radius 3 is 2.57 bits per heavy atom. The molecule has 4 N–H and O–H groups in total. The van der Waals surface area contributed by atoms with Crippen molar-refractivity contribution in [2.24, 2.45) is 5.14 Å². The molecule has 86 valence electrons. The first-order valence-electron chi connectivity index (χ1n) is 4.46. The van der Waals surface area contributed by atoms with Gasteiger partial charge in [-0.25, -0.2) is 13.6 Å². The molecule has 0 heterocycles. The maximum atomic E-state index is 10.5. The molecule has 0 aliphatic rings. The van der Waals surface area contributed by atoms with Crippen molar-refractivity contribution < 1.29 is 18.3 Å². The molecule has 0 aromatic carbocycles. The number of aliphatic hydroxyl groups excluding tert-OH is 1. The van der Waals surface area contributed by atoms with E-state index in [2.05, 4.69) is 5.32 Å². The molecule has 0 radical (unpaired) electrons. The lowest BCUT2D eigenvalue weighted by molar-refractivity contribution is 0.0908. The monoisotopic (exact) mass is 226 g/mol. The molecule has 0 saturated heterocycles. The van der Waals surface area contributed by atoms with Gasteiger partial charge in [0.2, 0.25) is 10.0 Å². The maximum Gasteiger partial charge on any atom is 0.210 e. The summed E-state index contributed by atoms with van der Waals surface area (Å²) in [5, 5.41) is 16.1. The normalized spacial score (nSPS) is 11.9. The second kappa shape index (κ2) is 8.13. The van der Waals surface area contributed by atoms with Crippen LogP contribution in [0.15, 0.2) is 0 Å². The first-order chi connectivity index (χ1) is 6.56. The highest BCUT2D eigenvalue weighted by Crippen LogP contribution is 1.81. The van der Waals surface area contributed by atoms with E-state index < -0.39 is 10.0 Å². The smallest absolute Gasteiger partial charge is 0.210 e. The number of nitrogens with one attached hydrogen (secondary N) is 1. The molecule has 14 heavy (non-hydrogen) atoms. The summed E-state index contributed by atoms with van der Waals surface area (Å²) >= 11 is 0. The zero-order valence-corrected chi connectivity index (χ0v) is 8.92. The van der Waals surface area contributed by atoms with Crippen LogP contribution in [0.1, 0.15) is 6.42 Å². The van der Waals surface area contributed by atoms with Crippen LogP contribution in [0, 0.1) is 0 Å². The average molecular weight is 226 g/mol. The molecule has 0 spiro atoms. The van der Waals surface area contributed by atoms with Gasteiger partial charge in [0.15, 0.2) is 0 Å². The number of sulfonamides is 1. The van der Waals surface area contributed by atoms with E-state index in [0.717, 1.165) is 6.42 Å². The van der Waals surface area contributed by atoms with Crippen LogP contribution in [-0.4, -0.2) is 52.2 Å². The number of primary sulfonamides is 1. The first kappa shape index (κ1) is 13.8. The summed E-state index contributed by atoms with van der Waals surface area (Å²) in [7, 11) is -3.35. The molecule has 0 atom stereocenters. The van der Waals surface area contributed by atoms with Crippen LogP contribution >= 0.6 is 0 Å². The minimum Gasteiger partial charge on any atom is -0.394 e. The average Bonchev–Trinajstić information content (AvgIpc) is 2.08. The molecule has 0 unspecified atom stereocenters. The molecule has 0 rings (SSSR count). The van der Waals surface area contributed by atoms with Gasteiger partial charge in [0.05, 0.1) is 19.0 Å². The van der Waals surface area contributed by atoms with Crippen LogP contribution in [0.2, 0.25) is 0 Å². The summed E-state index contributed by atoms with van der Waals surface area (Å²) < 4.78 is 26.0. The fraction of sp³-hybridized carbons (Fsp3) is 1.00. The highest BCUT2D eigenvalue weighted by molar-refractivity contribution is 7.89. The van der Waals surface area contributed by atoms with Gasteiger partial charge in [0, 0.05) is 13.2 Å². The standard InChI is InChI=1S/C7H18N2O4S/c8-14(11,12)7-3-9-2-1-5-13-6-4-10/h9-10H,1-7H2,(H2,8,11,12). The summed E-state index contributed by atoms with van der Waals surface area (Å²) in [6.07, 6.45) is 0.782. The zero-order valence-electron chi connectivity index (χ0n) is 8.11. The van der Waals surface area contributed by atoms with E-state index in [1.54, 1.807) is 0 Å². The fourth-order valence-electron chi connectivity index (χ4n) is 0.805. The van der Waals surface area contributed by atoms with Crippen LogP contribution in [0.3, 0.4) is 0 Å². The summed E-state index contributed by atoms with van der Waals surface area (Å²) in [5.41, 5.74) is 0. The summed E-state index contributed by atoms with van der Waals surface area (Å²) in [5.74, 6) is -0.0511. The minimum absolute atomic E-state index is 0.0266. The molecule has 0 aromatic rings. The van der Waals surface area contributed by atoms with Crippen LogP contribution in [0.5, 0.6) is 0 Å². The van der Waals surface area contributed by atoms with Crippen LogP contribution in [-0.2, 0) is 14.8 Å². The second-order valence-electron chi connectivity index (χ2n) is 2.81. The molecular weight excluding hydrogens is 208 g/mol. The third kappa shape index (κ3) is 11.8. The lowest BCUT2D eigenvalue weighted by Crippen LogP contribution is -2.28. The first-order valence-corrected chi connectivity index (χ1v) is 6.17. The van der Waals surface area contributed by atoms with Crippen molar-refractivity contribution in [1.29, 1.82) is 0 Å². The van der Waals surface area contributed by atoms with Crippen molar-refractivity contribution >= 4 is 10.0 Å². The number of ether oxygens (including phenoxy) is 1. The van der Waals surface area contributed by atoms with E-state index in [-0.39, 0.29) is 12.4 Å². The fourth-order valence-corrected chi connectivity index (χ4v) is 1.23. The Morgan fingerprint density at radius 1 is 1.29 bits per heavy atom. The number of nitrogens with two attached hydrogens (primary N) is 1. The number of rotatable bonds is 9. The van der Waals surface area contributed by atoms with Gasteiger partial charge in [0.1, 0.15) is 0 Å². The molecule has 0 amide bonds. The number of hydrogen-bond donors (Lipinski definition) is 3. The molecular formula is C7H18N2O4S. The molecule has 0 aromatic heterocycles. The highest BCUT2D eigenvalue weighted by Gasteiger charge is 2.00. The van der Waals surface area contributed by atoms with Gasteiger partial charge in [0.25, 0.3) is 0 Å². The summed E-state index contributed by atoms with van der Waals surface area (Å²) in [6, 6.07) is 0. The topological polar surface area (TPSA) is 102 Å². The van der Waals surface area contributed by atoms with Gasteiger partial charge < -0.3 is 15.2 Å². The van der Waals surface area contributed by atoms with E-state index in [0.29, 0.717) is 26.3 Å². The van der Waals surface area contributed by atoms with Gasteiger partial charge in [-0.15, -0.1) is 0 Å². The predicted octanol–water partition coefficient (Wildman–Crippen LogP) is -1.74. The van der Waals surface area contributed by atoms with E-state index >= 15 is 0 Å². The van der Waals surface area contributed by atoms with Crippen LogP contribution < -0.4 is 10.5 Å². The third-order valence-electron chi connectivity index (χ3n) is 1.44. The second-order valence-corrected chi connectivity index (χ2v) is 4.54. The van der Waals surface area contributed by atoms with E-state index in [1.807, 2.05) is 0 Å². The van der Waals surface area contributed by atoms with E-state index in [1.165, 1.54) is 0 Å². The summed E-state index contributed by atoms with van der Waals surface area (Å²) in [6.45, 7) is 1.97. The van der Waals surface area contributed by atoms with Gasteiger partial charge in [-0.3, -0.25) is 0 Å². The molecule has 0 saturated carbocycles. The minimum atomic E-state index is -3.35. The van der Waals surface area contributed by atoms with Gasteiger partial charge in [-0.05, 0) is 13.0 Å². The predicted molar refractivity (Wildman–Crippen MR) is 53.4 cm³/mol. The molecule has 0 aliphatic heterocycles. The quantitative estimate of drug-likeness (QED) is 0.405. The van der Waals surface area contributed by atoms with Crippen molar-refractivity contribution in [2.75, 3.05) is 38.7 Å². The van der Waals surface area contributed by atoms with Gasteiger partial charge >= 0.3 is 0 Å². The Kier molecular flexibility index (Phi) is 8.01. The number of aliphatic hydroxyl groups is 1. The highest BCUT2D eigenvalue weighted by atomic mass is 32.2. The zero-order chi connectivity index (χ0) is 10.9. The lowest BCUT2D eigenvalue weighted by atomic mass is 10.4. The molecule has 7 heteroatoms. The molecule has 0 fully saturated rings. The van der Waals surface area contributed by atoms with E-state index in [9.17, 15) is 8.42 Å². The van der Waals surface area contributed by atoms with Crippen LogP contribution in [0.25, 0.3) is 0 Å². The number of hydrogen-bond acceptors (Lipinski definition) is 5.